The van der Waals surface area contributed by atoms with Crippen LogP contribution in [0, 0.1) is 0 Å². The number of hydrogen-bond donors (Lipinski definition) is 1. The fourth-order valence-electron chi connectivity index (χ4n) is 9.18. The van der Waals surface area contributed by atoms with Gasteiger partial charge >= 0.3 is 0 Å². The molecule has 0 saturated heterocycles. The van der Waals surface area contributed by atoms with Gasteiger partial charge in [0.25, 0.3) is 20.0 Å². The molecule has 0 atom stereocenters. The number of aromatic nitrogens is 4. The van der Waals surface area contributed by atoms with Crippen LogP contribution in [0.25, 0.3) is 0 Å². The number of ether oxygens (including phenoxy) is 5. The van der Waals surface area contributed by atoms with E-state index in [1.54, 1.807) is 60.4 Å². The standard InChI is InChI=1S/C26H33N3O5S.C25H31N3O5S/c1-28-24(26(34-4)15-5-6-16-26)17-25(27-28)35(30,31)29(18-20-7-11-22(32-2)12-8-20)19-21-9-13-23(33-3)14-10-21;1-27-23(25(29)14-4-5-15-25)16-24(26-27)34(30,31)28(17-19-6-10-21(32-2)11-7-19)18-20-8-12-22(33-3)13-9-20/h7-14,17H,5-6,15-16,18-19H2,1-4H3;6-13,16,29H,4-5,14-15,17-18H2,1-3H3. The van der Waals surface area contributed by atoms with E-state index in [1.807, 2.05) is 97.1 Å². The molecule has 8 rings (SSSR count). The van der Waals surface area contributed by atoms with Crippen molar-refractivity contribution in [2.75, 3.05) is 35.5 Å². The van der Waals surface area contributed by atoms with Gasteiger partial charge in [0.1, 0.15) is 34.2 Å². The van der Waals surface area contributed by atoms with Crippen LogP contribution in [0.1, 0.15) is 85.0 Å². The van der Waals surface area contributed by atoms with E-state index in [9.17, 15) is 21.9 Å². The van der Waals surface area contributed by atoms with E-state index < -0.39 is 31.2 Å². The number of sulfonamides is 2. The minimum atomic E-state index is -3.96. The van der Waals surface area contributed by atoms with Gasteiger partial charge in [-0.2, -0.15) is 18.8 Å². The molecule has 0 radical (unpaired) electrons. The molecule has 6 aromatic rings. The summed E-state index contributed by atoms with van der Waals surface area (Å²) in [4.78, 5) is 0. The Bertz CT molecular complexity index is 2740. The molecule has 1 N–H and O–H groups in total. The summed E-state index contributed by atoms with van der Waals surface area (Å²) < 4.78 is 88.3. The molecule has 2 aliphatic carbocycles. The predicted molar refractivity (Wildman–Crippen MR) is 261 cm³/mol. The molecule has 0 bridgehead atoms. The van der Waals surface area contributed by atoms with E-state index in [2.05, 4.69) is 10.2 Å². The van der Waals surface area contributed by atoms with E-state index >= 15 is 0 Å². The first-order chi connectivity index (χ1) is 33.1. The lowest BCUT2D eigenvalue weighted by molar-refractivity contribution is -0.0153. The van der Waals surface area contributed by atoms with Crippen molar-refractivity contribution in [2.24, 2.45) is 14.1 Å². The molecule has 0 aliphatic heterocycles. The quantitative estimate of drug-likeness (QED) is 0.0834. The van der Waals surface area contributed by atoms with Gasteiger partial charge in [-0.1, -0.05) is 74.2 Å². The Kier molecular flexibility index (Phi) is 16.2. The Morgan fingerprint density at radius 2 is 0.783 bits per heavy atom. The SMILES string of the molecule is COc1ccc(CN(Cc2ccc(OC)cc2)S(=O)(=O)c2cc(C3(O)CCCC3)n(C)n2)cc1.COc1ccc(CN(Cc2ccc(OC)cc2)S(=O)(=O)c2cc(C3(OC)CCCC3)n(C)n2)cc1. The van der Waals surface area contributed by atoms with Crippen LogP contribution in [0.3, 0.4) is 0 Å². The second-order valence-electron chi connectivity index (χ2n) is 17.6. The Morgan fingerprint density at radius 1 is 0.493 bits per heavy atom. The fourth-order valence-corrected chi connectivity index (χ4v) is 12.0. The molecule has 69 heavy (non-hydrogen) atoms. The summed E-state index contributed by atoms with van der Waals surface area (Å²) in [5.74, 6) is 2.84. The van der Waals surface area contributed by atoms with Gasteiger partial charge in [0.05, 0.1) is 39.8 Å². The summed E-state index contributed by atoms with van der Waals surface area (Å²) in [7, 11) is 3.67. The normalized spacial score (nSPS) is 15.5. The van der Waals surface area contributed by atoms with Gasteiger partial charge in [0.2, 0.25) is 0 Å². The van der Waals surface area contributed by atoms with E-state index in [1.165, 1.54) is 19.4 Å². The number of aliphatic hydroxyl groups is 1. The topological polar surface area (TPSA) is 177 Å². The minimum Gasteiger partial charge on any atom is -0.497 e. The van der Waals surface area contributed by atoms with E-state index in [4.69, 9.17) is 23.7 Å². The maximum Gasteiger partial charge on any atom is 0.263 e. The zero-order valence-corrected chi connectivity index (χ0v) is 42.1. The van der Waals surface area contributed by atoms with Crippen molar-refractivity contribution in [3.05, 3.63) is 143 Å². The number of aryl methyl sites for hydroxylation is 2. The zero-order chi connectivity index (χ0) is 49.4. The lowest BCUT2D eigenvalue weighted by Gasteiger charge is -2.27. The smallest absolute Gasteiger partial charge is 0.263 e. The van der Waals surface area contributed by atoms with Crippen molar-refractivity contribution in [3.8, 4) is 23.0 Å². The maximum absolute atomic E-state index is 13.9. The summed E-state index contributed by atoms with van der Waals surface area (Å²) >= 11 is 0. The van der Waals surface area contributed by atoms with Crippen LogP contribution < -0.4 is 18.9 Å². The molecule has 2 aromatic heterocycles. The van der Waals surface area contributed by atoms with Crippen LogP contribution in [0.2, 0.25) is 0 Å². The first-order valence-electron chi connectivity index (χ1n) is 22.9. The zero-order valence-electron chi connectivity index (χ0n) is 40.5. The second-order valence-corrected chi connectivity index (χ2v) is 21.3. The molecule has 0 amide bonds. The molecular weight excluding hydrogens is 921 g/mol. The molecule has 0 spiro atoms. The largest absolute Gasteiger partial charge is 0.497 e. The van der Waals surface area contributed by atoms with E-state index in [-0.39, 0.29) is 36.2 Å². The lowest BCUT2D eigenvalue weighted by Crippen LogP contribution is -2.30. The molecule has 2 fully saturated rings. The molecule has 2 aliphatic rings. The molecule has 370 valence electrons. The molecule has 16 nitrogen and oxygen atoms in total. The highest BCUT2D eigenvalue weighted by Gasteiger charge is 2.41. The average molecular weight is 985 g/mol. The molecular formula is C51H64N6O10S2. The molecule has 2 heterocycles. The van der Waals surface area contributed by atoms with Gasteiger partial charge in [0, 0.05) is 59.5 Å². The molecule has 2 saturated carbocycles. The van der Waals surface area contributed by atoms with Gasteiger partial charge in [-0.15, -0.1) is 0 Å². The third kappa shape index (κ3) is 11.6. The number of rotatable bonds is 19. The average Bonchev–Trinajstić information content (AvgIpc) is 4.20. The van der Waals surface area contributed by atoms with Crippen LogP contribution in [-0.2, 0) is 76.3 Å². The van der Waals surface area contributed by atoms with Crippen LogP contribution in [-0.4, -0.2) is 85.7 Å². The van der Waals surface area contributed by atoms with E-state index in [0.717, 1.165) is 66.5 Å². The molecule has 4 aromatic carbocycles. The summed E-state index contributed by atoms with van der Waals surface area (Å²) in [5.41, 5.74) is 3.15. The monoisotopic (exact) mass is 984 g/mol. The summed E-state index contributed by atoms with van der Waals surface area (Å²) in [6.45, 7) is 0.711. The van der Waals surface area contributed by atoms with Crippen molar-refractivity contribution in [3.63, 3.8) is 0 Å². The highest BCUT2D eigenvalue weighted by Crippen LogP contribution is 2.43. The van der Waals surface area contributed by atoms with Crippen LogP contribution in [0.5, 0.6) is 23.0 Å². The van der Waals surface area contributed by atoms with E-state index in [0.29, 0.717) is 41.5 Å². The van der Waals surface area contributed by atoms with Crippen molar-refractivity contribution in [1.29, 1.82) is 0 Å². The van der Waals surface area contributed by atoms with Gasteiger partial charge in [-0.05, 0) is 96.5 Å². The van der Waals surface area contributed by atoms with Gasteiger partial charge < -0.3 is 28.8 Å². The highest BCUT2D eigenvalue weighted by atomic mass is 32.2. The highest BCUT2D eigenvalue weighted by molar-refractivity contribution is 7.89. The summed E-state index contributed by atoms with van der Waals surface area (Å²) in [6.07, 6.45) is 6.81. The number of nitrogens with zero attached hydrogens (tertiary/aromatic N) is 6. The van der Waals surface area contributed by atoms with Crippen molar-refractivity contribution in [2.45, 2.75) is 98.8 Å². The first kappa shape index (κ1) is 51.1. The molecule has 18 heteroatoms. The first-order valence-corrected chi connectivity index (χ1v) is 25.8. The van der Waals surface area contributed by atoms with Crippen molar-refractivity contribution < 1.29 is 45.6 Å². The van der Waals surface area contributed by atoms with Crippen LogP contribution >= 0.6 is 0 Å². The minimum absolute atomic E-state index is 0.0281. The lowest BCUT2D eigenvalue weighted by atomic mass is 9.97. The number of benzene rings is 4. The number of methoxy groups -OCH3 is 5. The third-order valence-corrected chi connectivity index (χ3v) is 16.5. The Hall–Kier alpha value is -5.76. The van der Waals surface area contributed by atoms with Gasteiger partial charge in [-0.25, -0.2) is 16.8 Å². The van der Waals surface area contributed by atoms with Crippen LogP contribution in [0.4, 0.5) is 0 Å². The van der Waals surface area contributed by atoms with Crippen molar-refractivity contribution >= 4 is 20.0 Å². The third-order valence-electron chi connectivity index (χ3n) is 13.2. The Labute approximate surface area is 406 Å². The van der Waals surface area contributed by atoms with Gasteiger partial charge in [-0.3, -0.25) is 9.36 Å². The summed E-state index contributed by atoms with van der Waals surface area (Å²) in [6, 6.07) is 32.6. The van der Waals surface area contributed by atoms with Crippen LogP contribution in [0.15, 0.2) is 119 Å². The predicted octanol–water partition coefficient (Wildman–Crippen LogP) is 7.83. The van der Waals surface area contributed by atoms with Gasteiger partial charge in [0.15, 0.2) is 10.1 Å². The summed E-state index contributed by atoms with van der Waals surface area (Å²) in [5, 5.41) is 19.8. The Balaban J connectivity index is 0.000000204. The van der Waals surface area contributed by atoms with Crippen molar-refractivity contribution in [1.82, 2.24) is 28.2 Å². The fraction of sp³-hybridized carbons (Fsp3) is 0.412. The second kappa shape index (κ2) is 21.9. The number of hydrogen-bond acceptors (Lipinski definition) is 12. The Morgan fingerprint density at radius 3 is 1.09 bits per heavy atom. The maximum atomic E-state index is 13.9. The molecule has 0 unspecified atom stereocenters.